The van der Waals surface area contributed by atoms with Gasteiger partial charge in [-0.1, -0.05) is 17.3 Å². The largest absolute Gasteiger partial charge is 0.420 e. The molecule has 1 unspecified atom stereocenters. The number of benzene rings is 1. The number of nitrogens with zero attached hydrogens (tertiary/aromatic N) is 3. The molecular weight excluding hydrogens is 328 g/mol. The fraction of sp³-hybridized carbons (Fsp3) is 0.375. The molecule has 1 fully saturated rings. The van der Waals surface area contributed by atoms with Crippen molar-refractivity contribution in [3.05, 3.63) is 46.5 Å². The zero-order valence-corrected chi connectivity index (χ0v) is 13.3. The predicted molar refractivity (Wildman–Crippen MR) is 85.2 cm³/mol. The van der Waals surface area contributed by atoms with Crippen LogP contribution in [0.5, 0.6) is 0 Å². The van der Waals surface area contributed by atoms with Crippen molar-refractivity contribution in [2.45, 2.75) is 25.5 Å². The molecule has 4 rings (SSSR count). The summed E-state index contributed by atoms with van der Waals surface area (Å²) >= 11 is 0. The molecule has 1 saturated heterocycles. The Morgan fingerprint density at radius 3 is 3.08 bits per heavy atom. The Balaban J connectivity index is 1.46. The summed E-state index contributed by atoms with van der Waals surface area (Å²) in [5.74, 6) is -0.904. The quantitative estimate of drug-likeness (QED) is 0.733. The summed E-state index contributed by atoms with van der Waals surface area (Å²) in [4.78, 5) is 28.0. The van der Waals surface area contributed by atoms with Gasteiger partial charge >= 0.3 is 17.6 Å². The third-order valence-corrected chi connectivity index (χ3v) is 4.05. The molecule has 9 heteroatoms. The molecule has 1 aromatic carbocycles. The van der Waals surface area contributed by atoms with Gasteiger partial charge in [-0.3, -0.25) is 9.36 Å². The van der Waals surface area contributed by atoms with Gasteiger partial charge < -0.3 is 19.0 Å². The van der Waals surface area contributed by atoms with Gasteiger partial charge in [0.15, 0.2) is 11.4 Å². The zero-order chi connectivity index (χ0) is 17.2. The molecule has 0 radical (unpaired) electrons. The van der Waals surface area contributed by atoms with Crippen LogP contribution in [0.15, 0.2) is 38.0 Å². The molecule has 0 saturated carbocycles. The lowest BCUT2D eigenvalue weighted by molar-refractivity contribution is 0.0822. The van der Waals surface area contributed by atoms with E-state index in [1.165, 1.54) is 4.57 Å². The van der Waals surface area contributed by atoms with E-state index in [4.69, 9.17) is 13.7 Å². The number of oxazole rings is 1. The lowest BCUT2D eigenvalue weighted by Crippen LogP contribution is -2.32. The van der Waals surface area contributed by atoms with Crippen molar-refractivity contribution in [1.29, 1.82) is 0 Å². The number of carbonyl (C=O) groups excluding carboxylic acids is 1. The lowest BCUT2D eigenvalue weighted by Gasteiger charge is -2.08. The van der Waals surface area contributed by atoms with Crippen LogP contribution in [-0.2, 0) is 11.3 Å². The number of para-hydroxylation sites is 2. The number of rotatable bonds is 5. The highest BCUT2D eigenvalue weighted by atomic mass is 16.5. The van der Waals surface area contributed by atoms with E-state index in [1.54, 1.807) is 24.3 Å². The maximum Gasteiger partial charge on any atom is 0.420 e. The van der Waals surface area contributed by atoms with Crippen molar-refractivity contribution >= 4 is 17.0 Å². The molecule has 25 heavy (non-hydrogen) atoms. The number of hydrogen-bond acceptors (Lipinski definition) is 7. The first-order valence-corrected chi connectivity index (χ1v) is 8.01. The number of carbonyl (C=O) groups is 1. The fourth-order valence-corrected chi connectivity index (χ4v) is 2.80. The van der Waals surface area contributed by atoms with E-state index in [2.05, 4.69) is 15.5 Å². The third kappa shape index (κ3) is 3.18. The summed E-state index contributed by atoms with van der Waals surface area (Å²) in [6.07, 6.45) is 1.95. The van der Waals surface area contributed by atoms with E-state index < -0.39 is 11.7 Å². The van der Waals surface area contributed by atoms with Crippen LogP contribution in [0.25, 0.3) is 11.1 Å². The van der Waals surface area contributed by atoms with Gasteiger partial charge in [0.1, 0.15) is 0 Å². The molecule has 2 aromatic heterocycles. The number of nitrogens with one attached hydrogen (secondary N) is 1. The summed E-state index contributed by atoms with van der Waals surface area (Å²) in [7, 11) is 0. The molecule has 0 spiro atoms. The average Bonchev–Trinajstić information content (AvgIpc) is 3.35. The number of ether oxygens (including phenoxy) is 1. The number of fused-ring (bicyclic) bond motifs is 1. The van der Waals surface area contributed by atoms with Crippen LogP contribution in [0.2, 0.25) is 0 Å². The molecule has 3 heterocycles. The SMILES string of the molecule is O=C(NCC1CCCO1)c1nc(Cn2c(=O)oc3ccccc32)no1. The van der Waals surface area contributed by atoms with E-state index in [0.717, 1.165) is 19.4 Å². The second-order valence-corrected chi connectivity index (χ2v) is 5.78. The van der Waals surface area contributed by atoms with Gasteiger partial charge in [-0.05, 0) is 25.0 Å². The van der Waals surface area contributed by atoms with Gasteiger partial charge in [-0.25, -0.2) is 4.79 Å². The molecule has 1 aliphatic heterocycles. The maximum atomic E-state index is 12.0. The van der Waals surface area contributed by atoms with E-state index in [0.29, 0.717) is 17.6 Å². The van der Waals surface area contributed by atoms with Crippen molar-refractivity contribution < 1.29 is 18.5 Å². The molecule has 0 aliphatic carbocycles. The van der Waals surface area contributed by atoms with Crippen LogP contribution in [0, 0.1) is 0 Å². The monoisotopic (exact) mass is 344 g/mol. The second kappa shape index (κ2) is 6.52. The van der Waals surface area contributed by atoms with Crippen LogP contribution in [0.3, 0.4) is 0 Å². The highest BCUT2D eigenvalue weighted by molar-refractivity contribution is 5.89. The Hall–Kier alpha value is -2.94. The minimum absolute atomic E-state index is 0.0298. The highest BCUT2D eigenvalue weighted by Crippen LogP contribution is 2.13. The molecular formula is C16H16N4O5. The highest BCUT2D eigenvalue weighted by Gasteiger charge is 2.20. The van der Waals surface area contributed by atoms with Crippen molar-refractivity contribution in [3.63, 3.8) is 0 Å². The predicted octanol–water partition coefficient (Wildman–Crippen LogP) is 0.935. The Morgan fingerprint density at radius 2 is 2.24 bits per heavy atom. The van der Waals surface area contributed by atoms with Gasteiger partial charge in [0.05, 0.1) is 18.2 Å². The Labute approximate surface area is 141 Å². The molecule has 1 N–H and O–H groups in total. The van der Waals surface area contributed by atoms with Gasteiger partial charge in [-0.15, -0.1) is 0 Å². The summed E-state index contributed by atoms with van der Waals surface area (Å²) in [5.41, 5.74) is 1.10. The van der Waals surface area contributed by atoms with Gasteiger partial charge in [0.2, 0.25) is 0 Å². The van der Waals surface area contributed by atoms with E-state index in [-0.39, 0.29) is 24.4 Å². The van der Waals surface area contributed by atoms with Gasteiger partial charge in [-0.2, -0.15) is 4.98 Å². The third-order valence-electron chi connectivity index (χ3n) is 4.05. The van der Waals surface area contributed by atoms with Crippen LogP contribution >= 0.6 is 0 Å². The summed E-state index contributed by atoms with van der Waals surface area (Å²) < 4.78 is 17.0. The standard InChI is InChI=1S/C16H16N4O5/c21-14(17-8-10-4-3-7-23-10)15-18-13(19-25-15)9-20-11-5-1-2-6-12(11)24-16(20)22/h1-2,5-6,10H,3-4,7-9H2,(H,17,21). The van der Waals surface area contributed by atoms with Crippen LogP contribution < -0.4 is 11.1 Å². The Bertz CT molecular complexity index is 951. The molecule has 1 atom stereocenters. The van der Waals surface area contributed by atoms with E-state index >= 15 is 0 Å². The van der Waals surface area contributed by atoms with Crippen LogP contribution in [0.1, 0.15) is 29.4 Å². The number of aromatic nitrogens is 3. The van der Waals surface area contributed by atoms with Gasteiger partial charge in [0, 0.05) is 13.2 Å². The molecule has 3 aromatic rings. The second-order valence-electron chi connectivity index (χ2n) is 5.78. The molecule has 9 nitrogen and oxygen atoms in total. The minimum atomic E-state index is -0.518. The molecule has 1 aliphatic rings. The van der Waals surface area contributed by atoms with Crippen molar-refractivity contribution in [2.75, 3.05) is 13.2 Å². The van der Waals surface area contributed by atoms with Crippen LogP contribution in [0.4, 0.5) is 0 Å². The van der Waals surface area contributed by atoms with Crippen LogP contribution in [-0.4, -0.2) is 39.9 Å². The lowest BCUT2D eigenvalue weighted by atomic mass is 10.2. The first-order valence-electron chi connectivity index (χ1n) is 8.01. The Kier molecular flexibility index (Phi) is 4.06. The molecule has 1 amide bonds. The van der Waals surface area contributed by atoms with Crippen molar-refractivity contribution in [1.82, 2.24) is 20.0 Å². The number of amides is 1. The zero-order valence-electron chi connectivity index (χ0n) is 13.3. The fourth-order valence-electron chi connectivity index (χ4n) is 2.80. The number of hydrogen-bond donors (Lipinski definition) is 1. The Morgan fingerprint density at radius 1 is 1.36 bits per heavy atom. The summed E-state index contributed by atoms with van der Waals surface area (Å²) in [6.45, 7) is 1.18. The average molecular weight is 344 g/mol. The van der Waals surface area contributed by atoms with E-state index in [1.807, 2.05) is 0 Å². The minimum Gasteiger partial charge on any atom is -0.408 e. The summed E-state index contributed by atoms with van der Waals surface area (Å²) in [5, 5.41) is 6.47. The topological polar surface area (TPSA) is 112 Å². The summed E-state index contributed by atoms with van der Waals surface area (Å²) in [6, 6.07) is 7.04. The first kappa shape index (κ1) is 15.6. The normalized spacial score (nSPS) is 17.2. The molecule has 130 valence electrons. The first-order chi connectivity index (χ1) is 12.2. The van der Waals surface area contributed by atoms with Crippen molar-refractivity contribution in [2.24, 2.45) is 0 Å². The molecule has 0 bridgehead atoms. The maximum absolute atomic E-state index is 12.0. The van der Waals surface area contributed by atoms with Crippen molar-refractivity contribution in [3.8, 4) is 0 Å². The smallest absolute Gasteiger partial charge is 0.408 e. The van der Waals surface area contributed by atoms with Gasteiger partial charge in [0.25, 0.3) is 0 Å². The van der Waals surface area contributed by atoms with E-state index in [9.17, 15) is 9.59 Å².